The van der Waals surface area contributed by atoms with E-state index in [-0.39, 0.29) is 5.91 Å². The van der Waals surface area contributed by atoms with Crippen molar-refractivity contribution in [3.63, 3.8) is 0 Å². The molecule has 0 aliphatic heterocycles. The molecule has 0 fully saturated rings. The number of nitrogens with one attached hydrogen (secondary N) is 1. The van der Waals surface area contributed by atoms with Crippen molar-refractivity contribution in [2.45, 2.75) is 25.7 Å². The highest BCUT2D eigenvalue weighted by molar-refractivity contribution is 8.71. The zero-order valence-corrected chi connectivity index (χ0v) is 16.7. The highest BCUT2D eigenvalue weighted by Gasteiger charge is 2.04. The Labute approximate surface area is 154 Å². The molecular formula is C15H32N2O6S2. The van der Waals surface area contributed by atoms with Crippen molar-refractivity contribution in [2.75, 3.05) is 64.7 Å². The number of hydrogen-bond acceptors (Lipinski definition) is 8. The average molecular weight is 401 g/mol. The summed E-state index contributed by atoms with van der Waals surface area (Å²) in [5.41, 5.74) is 5.35. The normalized spacial score (nSPS) is 11.6. The lowest BCUT2D eigenvalue weighted by atomic mass is 10.3. The summed E-state index contributed by atoms with van der Waals surface area (Å²) in [6, 6.07) is 0. The third kappa shape index (κ3) is 21.6. The van der Waals surface area contributed by atoms with Crippen LogP contribution in [0.15, 0.2) is 0 Å². The van der Waals surface area contributed by atoms with Crippen molar-refractivity contribution in [2.24, 2.45) is 5.73 Å². The van der Waals surface area contributed by atoms with Gasteiger partial charge in [-0.2, -0.15) is 0 Å². The zero-order valence-electron chi connectivity index (χ0n) is 15.0. The maximum absolute atomic E-state index is 11.5. The number of nitrogens with two attached hydrogens (primary N) is 1. The van der Waals surface area contributed by atoms with Gasteiger partial charge in [0.2, 0.25) is 5.91 Å². The molecule has 10 heteroatoms. The molecule has 0 aliphatic rings. The van der Waals surface area contributed by atoms with Gasteiger partial charge in [-0.05, 0) is 36.6 Å². The van der Waals surface area contributed by atoms with Crippen LogP contribution in [-0.4, -0.2) is 79.1 Å². The van der Waals surface area contributed by atoms with Gasteiger partial charge in [-0.3, -0.25) is 4.79 Å². The van der Waals surface area contributed by atoms with Crippen molar-refractivity contribution in [3.05, 3.63) is 0 Å². The van der Waals surface area contributed by atoms with E-state index >= 15 is 0 Å². The van der Waals surface area contributed by atoms with Crippen LogP contribution in [0.4, 0.5) is 0 Å². The minimum Gasteiger partial charge on any atom is -0.379 e. The fourth-order valence-electron chi connectivity index (χ4n) is 1.66. The standard InChI is InChI=1S/C15H32N2O6S2/c1-25(19,20)24-14-2-5-15(18)17-7-4-9-22-11-13-23-12-10-21-8-3-6-16/h2-14,16H2,1H3,(H,17,18). The van der Waals surface area contributed by atoms with Crippen molar-refractivity contribution < 1.29 is 27.4 Å². The molecule has 25 heavy (non-hydrogen) atoms. The van der Waals surface area contributed by atoms with Gasteiger partial charge in [-0.15, -0.1) is 0 Å². The molecular weight excluding hydrogens is 368 g/mol. The van der Waals surface area contributed by atoms with Crippen molar-refractivity contribution in [1.82, 2.24) is 5.32 Å². The largest absolute Gasteiger partial charge is 0.379 e. The van der Waals surface area contributed by atoms with Crippen molar-refractivity contribution in [1.29, 1.82) is 0 Å². The molecule has 0 aromatic rings. The van der Waals surface area contributed by atoms with Crippen molar-refractivity contribution >= 4 is 25.6 Å². The second kappa shape index (κ2) is 17.0. The predicted molar refractivity (Wildman–Crippen MR) is 100 cm³/mol. The lowest BCUT2D eigenvalue weighted by Crippen LogP contribution is -2.25. The van der Waals surface area contributed by atoms with Gasteiger partial charge < -0.3 is 25.3 Å². The zero-order chi connectivity index (χ0) is 18.8. The van der Waals surface area contributed by atoms with Gasteiger partial charge in [-0.25, -0.2) is 8.42 Å². The lowest BCUT2D eigenvalue weighted by Gasteiger charge is -2.07. The summed E-state index contributed by atoms with van der Waals surface area (Å²) in [5, 5.41) is 2.78. The third-order valence-corrected chi connectivity index (χ3v) is 5.54. The number of amides is 1. The molecule has 0 unspecified atom stereocenters. The van der Waals surface area contributed by atoms with Gasteiger partial charge in [-0.1, -0.05) is 0 Å². The van der Waals surface area contributed by atoms with E-state index in [2.05, 4.69) is 5.32 Å². The minimum atomic E-state index is -3.02. The van der Waals surface area contributed by atoms with Crippen LogP contribution in [0.1, 0.15) is 25.7 Å². The van der Waals surface area contributed by atoms with E-state index < -0.39 is 8.87 Å². The molecule has 0 aromatic carbocycles. The van der Waals surface area contributed by atoms with E-state index in [1.54, 1.807) is 0 Å². The maximum Gasteiger partial charge on any atom is 0.220 e. The van der Waals surface area contributed by atoms with Crippen LogP contribution in [0.2, 0.25) is 0 Å². The first kappa shape index (κ1) is 24.6. The number of hydrogen-bond donors (Lipinski definition) is 2. The minimum absolute atomic E-state index is 0.0629. The highest BCUT2D eigenvalue weighted by atomic mass is 33.1. The summed E-state index contributed by atoms with van der Waals surface area (Å²) < 4.78 is 37.9. The molecule has 0 saturated carbocycles. The number of ether oxygens (including phenoxy) is 3. The molecule has 3 N–H and O–H groups in total. The smallest absolute Gasteiger partial charge is 0.220 e. The van der Waals surface area contributed by atoms with E-state index in [4.69, 9.17) is 19.9 Å². The Balaban J connectivity index is 3.21. The molecule has 0 heterocycles. The van der Waals surface area contributed by atoms with E-state index in [0.29, 0.717) is 71.3 Å². The molecule has 0 bridgehead atoms. The van der Waals surface area contributed by atoms with Crippen LogP contribution >= 0.6 is 10.8 Å². The summed E-state index contributed by atoms with van der Waals surface area (Å²) in [4.78, 5) is 11.5. The monoisotopic (exact) mass is 400 g/mol. The molecule has 0 spiro atoms. The van der Waals surface area contributed by atoms with Gasteiger partial charge >= 0.3 is 0 Å². The van der Waals surface area contributed by atoms with Crippen molar-refractivity contribution in [3.8, 4) is 0 Å². The van der Waals surface area contributed by atoms with Gasteiger partial charge in [0, 0.05) is 38.2 Å². The molecule has 0 atom stereocenters. The van der Waals surface area contributed by atoms with E-state index in [0.717, 1.165) is 23.6 Å². The molecule has 0 radical (unpaired) electrons. The first-order valence-electron chi connectivity index (χ1n) is 8.50. The topological polar surface area (TPSA) is 117 Å². The second-order valence-electron chi connectivity index (χ2n) is 5.31. The Morgan fingerprint density at radius 1 is 0.960 bits per heavy atom. The van der Waals surface area contributed by atoms with Crippen LogP contribution in [0.25, 0.3) is 0 Å². The number of rotatable bonds is 18. The summed E-state index contributed by atoms with van der Waals surface area (Å²) in [7, 11) is -2.15. The SMILES string of the molecule is CS(=O)(=O)SCCCC(=O)NCCCOCCOCCOCCCN. The predicted octanol–water partition coefficient (Wildman–Crippen LogP) is 0.364. The third-order valence-electron chi connectivity index (χ3n) is 2.87. The lowest BCUT2D eigenvalue weighted by molar-refractivity contribution is -0.121. The van der Waals surface area contributed by atoms with Crippen LogP contribution in [0.5, 0.6) is 0 Å². The molecule has 0 aromatic heterocycles. The highest BCUT2D eigenvalue weighted by Crippen LogP contribution is 2.11. The molecule has 8 nitrogen and oxygen atoms in total. The average Bonchev–Trinajstić information content (AvgIpc) is 2.55. The first-order valence-corrected chi connectivity index (χ1v) is 11.9. The second-order valence-corrected chi connectivity index (χ2v) is 9.89. The van der Waals surface area contributed by atoms with Gasteiger partial charge in [0.15, 0.2) is 8.87 Å². The first-order chi connectivity index (χ1) is 12.0. The number of carbonyl (C=O) groups excluding carboxylic acids is 1. The Morgan fingerprint density at radius 2 is 1.52 bits per heavy atom. The molecule has 0 rings (SSSR count). The molecule has 150 valence electrons. The van der Waals surface area contributed by atoms with Gasteiger partial charge in [0.1, 0.15) is 0 Å². The summed E-state index contributed by atoms with van der Waals surface area (Å²) in [6.45, 7) is 4.55. The Kier molecular flexibility index (Phi) is 16.8. The van der Waals surface area contributed by atoms with Gasteiger partial charge in [0.25, 0.3) is 0 Å². The Bertz CT molecular complexity index is 420. The summed E-state index contributed by atoms with van der Waals surface area (Å²) in [6.07, 6.45) is 3.64. The fourth-order valence-corrected chi connectivity index (χ4v) is 3.49. The Morgan fingerprint density at radius 3 is 2.08 bits per heavy atom. The quantitative estimate of drug-likeness (QED) is 0.250. The number of carbonyl (C=O) groups is 1. The maximum atomic E-state index is 11.5. The van der Waals surface area contributed by atoms with Crippen LogP contribution in [0.3, 0.4) is 0 Å². The van der Waals surface area contributed by atoms with Crippen LogP contribution < -0.4 is 11.1 Å². The Hall–Kier alpha value is -0.390. The van der Waals surface area contributed by atoms with E-state index in [1.165, 1.54) is 6.26 Å². The molecule has 0 aliphatic carbocycles. The summed E-state index contributed by atoms with van der Waals surface area (Å²) >= 11 is 0. The summed E-state index contributed by atoms with van der Waals surface area (Å²) in [5.74, 6) is 0.375. The molecule has 0 saturated heterocycles. The van der Waals surface area contributed by atoms with Gasteiger partial charge in [0.05, 0.1) is 26.4 Å². The van der Waals surface area contributed by atoms with Crippen LogP contribution in [-0.2, 0) is 27.9 Å². The van der Waals surface area contributed by atoms with Crippen LogP contribution in [0, 0.1) is 0 Å². The fraction of sp³-hybridized carbons (Fsp3) is 0.933. The van der Waals surface area contributed by atoms with E-state index in [9.17, 15) is 13.2 Å². The van der Waals surface area contributed by atoms with E-state index in [1.807, 2.05) is 0 Å². The molecule has 1 amide bonds.